The lowest BCUT2D eigenvalue weighted by molar-refractivity contribution is -0.138. The molecule has 0 bridgehead atoms. The van der Waals surface area contributed by atoms with E-state index in [1.54, 1.807) is 18.2 Å². The predicted molar refractivity (Wildman–Crippen MR) is 56.1 cm³/mol. The second kappa shape index (κ2) is 5.49. The Hall–Kier alpha value is -1.38. The monoisotopic (exact) mass is 210 g/mol. The van der Waals surface area contributed by atoms with E-state index in [0.717, 1.165) is 6.42 Å². The number of aliphatic carboxylic acids is 1. The van der Waals surface area contributed by atoms with Crippen LogP contribution in [0.5, 0.6) is 0 Å². The molecule has 1 rings (SSSR count). The first-order valence-electron chi connectivity index (χ1n) is 5.08. The van der Waals surface area contributed by atoms with Crippen LogP contribution in [0.1, 0.15) is 25.3 Å². The SMILES string of the molecule is CCC(CC(=O)O)Cc1ccccc1F. The number of carbonyl (C=O) groups is 1. The lowest BCUT2D eigenvalue weighted by atomic mass is 9.94. The second-order valence-electron chi connectivity index (χ2n) is 3.67. The summed E-state index contributed by atoms with van der Waals surface area (Å²) >= 11 is 0. The number of carboxylic acids is 1. The first kappa shape index (κ1) is 11.7. The molecule has 0 aliphatic carbocycles. The molecule has 1 N–H and O–H groups in total. The molecule has 1 unspecified atom stereocenters. The van der Waals surface area contributed by atoms with Crippen molar-refractivity contribution in [3.63, 3.8) is 0 Å². The first-order chi connectivity index (χ1) is 7.13. The summed E-state index contributed by atoms with van der Waals surface area (Å²) in [6, 6.07) is 6.52. The molecule has 0 spiro atoms. The summed E-state index contributed by atoms with van der Waals surface area (Å²) in [5.74, 6) is -1.06. The van der Waals surface area contributed by atoms with E-state index < -0.39 is 5.97 Å². The van der Waals surface area contributed by atoms with Crippen LogP contribution in [0, 0.1) is 11.7 Å². The molecule has 0 aliphatic rings. The van der Waals surface area contributed by atoms with Crippen molar-refractivity contribution in [1.82, 2.24) is 0 Å². The largest absolute Gasteiger partial charge is 0.481 e. The van der Waals surface area contributed by atoms with E-state index in [-0.39, 0.29) is 18.2 Å². The van der Waals surface area contributed by atoms with Gasteiger partial charge in [0, 0.05) is 6.42 Å². The van der Waals surface area contributed by atoms with Gasteiger partial charge in [-0.1, -0.05) is 31.5 Å². The van der Waals surface area contributed by atoms with Crippen molar-refractivity contribution in [2.24, 2.45) is 5.92 Å². The van der Waals surface area contributed by atoms with E-state index in [4.69, 9.17) is 5.11 Å². The van der Waals surface area contributed by atoms with Crippen molar-refractivity contribution < 1.29 is 14.3 Å². The molecule has 1 atom stereocenters. The van der Waals surface area contributed by atoms with Crippen LogP contribution < -0.4 is 0 Å². The van der Waals surface area contributed by atoms with Crippen LogP contribution in [0.4, 0.5) is 4.39 Å². The molecule has 0 fully saturated rings. The maximum atomic E-state index is 13.3. The van der Waals surface area contributed by atoms with Crippen molar-refractivity contribution in [2.75, 3.05) is 0 Å². The zero-order valence-electron chi connectivity index (χ0n) is 8.74. The maximum absolute atomic E-state index is 13.3. The molecule has 0 heterocycles. The summed E-state index contributed by atoms with van der Waals surface area (Å²) in [7, 11) is 0. The maximum Gasteiger partial charge on any atom is 0.303 e. The quantitative estimate of drug-likeness (QED) is 0.811. The molecular formula is C12H15FO2. The van der Waals surface area contributed by atoms with Gasteiger partial charge in [0.05, 0.1) is 0 Å². The molecule has 2 nitrogen and oxygen atoms in total. The average molecular weight is 210 g/mol. The summed E-state index contributed by atoms with van der Waals surface area (Å²) in [6.45, 7) is 1.93. The third-order valence-electron chi connectivity index (χ3n) is 2.51. The highest BCUT2D eigenvalue weighted by molar-refractivity contribution is 5.67. The van der Waals surface area contributed by atoms with Gasteiger partial charge >= 0.3 is 5.97 Å². The fraction of sp³-hybridized carbons (Fsp3) is 0.417. The van der Waals surface area contributed by atoms with Gasteiger partial charge in [-0.2, -0.15) is 0 Å². The van der Waals surface area contributed by atoms with Gasteiger partial charge in [0.25, 0.3) is 0 Å². The van der Waals surface area contributed by atoms with Gasteiger partial charge in [-0.15, -0.1) is 0 Å². The summed E-state index contributed by atoms with van der Waals surface area (Å²) in [5, 5.41) is 8.67. The molecule has 0 aromatic heterocycles. The van der Waals surface area contributed by atoms with E-state index in [1.807, 2.05) is 6.92 Å². The van der Waals surface area contributed by atoms with Crippen LogP contribution >= 0.6 is 0 Å². The lowest BCUT2D eigenvalue weighted by Crippen LogP contribution is -2.10. The Balaban J connectivity index is 2.66. The Morgan fingerprint density at radius 2 is 2.13 bits per heavy atom. The van der Waals surface area contributed by atoms with Gasteiger partial charge in [0.2, 0.25) is 0 Å². The van der Waals surface area contributed by atoms with Crippen LogP contribution in [-0.4, -0.2) is 11.1 Å². The average Bonchev–Trinajstić information content (AvgIpc) is 2.19. The van der Waals surface area contributed by atoms with Crippen molar-refractivity contribution in [1.29, 1.82) is 0 Å². The predicted octanol–water partition coefficient (Wildman–Crippen LogP) is 2.87. The molecule has 82 valence electrons. The van der Waals surface area contributed by atoms with Gasteiger partial charge in [-0.25, -0.2) is 4.39 Å². The second-order valence-corrected chi connectivity index (χ2v) is 3.67. The van der Waals surface area contributed by atoms with Crippen molar-refractivity contribution >= 4 is 5.97 Å². The van der Waals surface area contributed by atoms with Crippen LogP contribution in [0.3, 0.4) is 0 Å². The topological polar surface area (TPSA) is 37.3 Å². The molecule has 0 saturated carbocycles. The molecule has 1 aromatic rings. The van der Waals surface area contributed by atoms with Gasteiger partial charge < -0.3 is 5.11 Å². The minimum atomic E-state index is -0.821. The van der Waals surface area contributed by atoms with Gasteiger partial charge in [-0.05, 0) is 24.0 Å². The number of hydrogen-bond donors (Lipinski definition) is 1. The normalized spacial score (nSPS) is 12.4. The van der Waals surface area contributed by atoms with E-state index in [9.17, 15) is 9.18 Å². The third kappa shape index (κ3) is 3.70. The Bertz CT molecular complexity index is 336. The minimum Gasteiger partial charge on any atom is -0.481 e. The number of halogens is 1. The third-order valence-corrected chi connectivity index (χ3v) is 2.51. The van der Waals surface area contributed by atoms with E-state index in [0.29, 0.717) is 12.0 Å². The minimum absolute atomic E-state index is 0.0133. The number of carboxylic acid groups (broad SMARTS) is 1. The van der Waals surface area contributed by atoms with Crippen molar-refractivity contribution in [3.8, 4) is 0 Å². The van der Waals surface area contributed by atoms with Crippen LogP contribution in [0.15, 0.2) is 24.3 Å². The Labute approximate surface area is 88.7 Å². The van der Waals surface area contributed by atoms with Crippen molar-refractivity contribution in [3.05, 3.63) is 35.6 Å². The zero-order valence-corrected chi connectivity index (χ0v) is 8.74. The van der Waals surface area contributed by atoms with Crippen LogP contribution in [0.25, 0.3) is 0 Å². The fourth-order valence-electron chi connectivity index (χ4n) is 1.58. The lowest BCUT2D eigenvalue weighted by Gasteiger charge is -2.12. The molecule has 0 aliphatic heterocycles. The first-order valence-corrected chi connectivity index (χ1v) is 5.08. The molecule has 1 aromatic carbocycles. The highest BCUT2D eigenvalue weighted by Crippen LogP contribution is 2.17. The summed E-state index contributed by atoms with van der Waals surface area (Å²) in [6.07, 6.45) is 1.35. The van der Waals surface area contributed by atoms with Crippen LogP contribution in [0.2, 0.25) is 0 Å². The van der Waals surface area contributed by atoms with E-state index in [1.165, 1.54) is 6.07 Å². The molecule has 0 saturated heterocycles. The molecule has 3 heteroatoms. The van der Waals surface area contributed by atoms with E-state index >= 15 is 0 Å². The standard InChI is InChI=1S/C12H15FO2/c1-2-9(8-12(14)15)7-10-5-3-4-6-11(10)13/h3-6,9H,2,7-8H2,1H3,(H,14,15). The molecule has 0 amide bonds. The van der Waals surface area contributed by atoms with Gasteiger partial charge in [0.15, 0.2) is 0 Å². The highest BCUT2D eigenvalue weighted by Gasteiger charge is 2.13. The Morgan fingerprint density at radius 3 is 2.67 bits per heavy atom. The van der Waals surface area contributed by atoms with Crippen molar-refractivity contribution in [2.45, 2.75) is 26.2 Å². The smallest absolute Gasteiger partial charge is 0.303 e. The van der Waals surface area contributed by atoms with Gasteiger partial charge in [0.1, 0.15) is 5.82 Å². The Kier molecular flexibility index (Phi) is 4.28. The highest BCUT2D eigenvalue weighted by atomic mass is 19.1. The molecule has 0 radical (unpaired) electrons. The van der Waals surface area contributed by atoms with E-state index in [2.05, 4.69) is 0 Å². The van der Waals surface area contributed by atoms with Crippen LogP contribution in [-0.2, 0) is 11.2 Å². The number of hydrogen-bond acceptors (Lipinski definition) is 1. The molecule has 15 heavy (non-hydrogen) atoms. The fourth-order valence-corrected chi connectivity index (χ4v) is 1.58. The number of benzene rings is 1. The summed E-state index contributed by atoms with van der Waals surface area (Å²) < 4.78 is 13.3. The zero-order chi connectivity index (χ0) is 11.3. The van der Waals surface area contributed by atoms with Gasteiger partial charge in [-0.3, -0.25) is 4.79 Å². The summed E-state index contributed by atoms with van der Waals surface area (Å²) in [5.41, 5.74) is 0.602. The summed E-state index contributed by atoms with van der Waals surface area (Å²) in [4.78, 5) is 10.5. The Morgan fingerprint density at radius 1 is 1.47 bits per heavy atom. The number of rotatable bonds is 5. The molecular weight excluding hydrogens is 195 g/mol.